The van der Waals surface area contributed by atoms with Gasteiger partial charge < -0.3 is 0 Å². The van der Waals surface area contributed by atoms with Crippen LogP contribution in [-0.2, 0) is 5.66 Å². The lowest BCUT2D eigenvalue weighted by atomic mass is 10.3. The number of halogens is 2. The van der Waals surface area contributed by atoms with Crippen LogP contribution < -0.4 is 0 Å². The first-order chi connectivity index (χ1) is 5.00. The minimum absolute atomic E-state index is 0.215. The number of hydrogen-bond donors (Lipinski definition) is 0. The van der Waals surface area contributed by atoms with E-state index in [2.05, 4.69) is 4.98 Å². The lowest BCUT2D eigenvalue weighted by molar-refractivity contribution is 0.0986. The summed E-state index contributed by atoms with van der Waals surface area (Å²) in [7, 11) is 1.45. The van der Waals surface area contributed by atoms with Gasteiger partial charge in [0.2, 0.25) is 0 Å². The average molecular weight is 175 g/mol. The van der Waals surface area contributed by atoms with Crippen LogP contribution in [0.25, 0.3) is 0 Å². The van der Waals surface area contributed by atoms with Crippen LogP contribution in [0.5, 0.6) is 0 Å². The third kappa shape index (κ3) is 2.19. The van der Waals surface area contributed by atoms with Crippen molar-refractivity contribution in [3.05, 3.63) is 29.6 Å². The van der Waals surface area contributed by atoms with E-state index >= 15 is 0 Å². The Morgan fingerprint density at radius 3 is 2.45 bits per heavy atom. The summed E-state index contributed by atoms with van der Waals surface area (Å²) in [6.45, 7) is 1.80. The lowest BCUT2D eigenvalue weighted by Crippen LogP contribution is -2.04. The van der Waals surface area contributed by atoms with Crippen molar-refractivity contribution in [1.82, 2.24) is 4.98 Å². The highest BCUT2D eigenvalue weighted by atomic mass is 31.0. The molecule has 0 aliphatic heterocycles. The van der Waals surface area contributed by atoms with E-state index in [4.69, 9.17) is 0 Å². The molecule has 1 aromatic rings. The molecule has 1 atom stereocenters. The standard InChI is InChI=1S/C7H8F2NP/c1-5-2-3-6(10-4-5)7(8,9)11/h2-4H,11H2,1H3. The zero-order chi connectivity index (χ0) is 8.48. The molecule has 0 saturated heterocycles. The molecule has 0 saturated carbocycles. The van der Waals surface area contributed by atoms with E-state index in [0.29, 0.717) is 0 Å². The van der Waals surface area contributed by atoms with Gasteiger partial charge in [-0.1, -0.05) is 15.3 Å². The van der Waals surface area contributed by atoms with Crippen molar-refractivity contribution in [1.29, 1.82) is 0 Å². The average Bonchev–Trinajstić information content (AvgIpc) is 1.86. The normalized spacial score (nSPS) is 11.6. The minimum atomic E-state index is -2.91. The predicted molar refractivity (Wildman–Crippen MR) is 42.6 cm³/mol. The Hall–Kier alpha value is -0.560. The molecule has 1 aromatic heterocycles. The number of pyridine rings is 1. The maximum absolute atomic E-state index is 12.5. The van der Waals surface area contributed by atoms with Crippen molar-refractivity contribution in [3.63, 3.8) is 0 Å². The van der Waals surface area contributed by atoms with Crippen molar-refractivity contribution in [2.24, 2.45) is 0 Å². The number of rotatable bonds is 1. The van der Waals surface area contributed by atoms with Crippen molar-refractivity contribution in [2.75, 3.05) is 0 Å². The molecule has 4 heteroatoms. The number of aromatic nitrogens is 1. The molecule has 0 aliphatic carbocycles. The van der Waals surface area contributed by atoms with E-state index in [0.717, 1.165) is 5.56 Å². The minimum Gasteiger partial charge on any atom is -0.254 e. The molecule has 0 spiro atoms. The van der Waals surface area contributed by atoms with Crippen molar-refractivity contribution < 1.29 is 8.78 Å². The first-order valence-electron chi connectivity index (χ1n) is 3.10. The number of aryl methyl sites for hydroxylation is 1. The summed E-state index contributed by atoms with van der Waals surface area (Å²) in [5.74, 6) is 0. The van der Waals surface area contributed by atoms with Gasteiger partial charge >= 0.3 is 0 Å². The molecule has 1 nitrogen and oxygen atoms in total. The van der Waals surface area contributed by atoms with Crippen molar-refractivity contribution in [2.45, 2.75) is 12.6 Å². The third-order valence-electron chi connectivity index (χ3n) is 1.25. The highest BCUT2D eigenvalue weighted by Gasteiger charge is 2.25. The van der Waals surface area contributed by atoms with Gasteiger partial charge in [-0.15, -0.1) is 0 Å². The molecule has 1 unspecified atom stereocenters. The van der Waals surface area contributed by atoms with Crippen LogP contribution in [-0.4, -0.2) is 4.98 Å². The SMILES string of the molecule is Cc1ccc(C(F)(F)P)nc1. The fourth-order valence-electron chi connectivity index (χ4n) is 0.665. The van der Waals surface area contributed by atoms with Gasteiger partial charge in [-0.3, -0.25) is 4.98 Å². The molecule has 0 amide bonds. The summed E-state index contributed by atoms with van der Waals surface area (Å²) >= 11 is 0. The Labute approximate surface area is 66.0 Å². The second kappa shape index (κ2) is 2.82. The molecule has 0 aromatic carbocycles. The van der Waals surface area contributed by atoms with E-state index in [1.165, 1.54) is 21.5 Å². The molecular weight excluding hydrogens is 167 g/mol. The number of alkyl halides is 2. The second-order valence-electron chi connectivity index (χ2n) is 2.34. The third-order valence-corrected chi connectivity index (χ3v) is 1.55. The summed E-state index contributed by atoms with van der Waals surface area (Å²) in [4.78, 5) is 3.58. The van der Waals surface area contributed by atoms with Crippen molar-refractivity contribution in [3.8, 4) is 0 Å². The fourth-order valence-corrected chi connectivity index (χ4v) is 0.836. The lowest BCUT2D eigenvalue weighted by Gasteiger charge is -2.08. The Kier molecular flexibility index (Phi) is 2.19. The van der Waals surface area contributed by atoms with E-state index in [1.807, 2.05) is 0 Å². The Morgan fingerprint density at radius 2 is 2.09 bits per heavy atom. The van der Waals surface area contributed by atoms with Gasteiger partial charge in [-0.05, 0) is 18.6 Å². The molecule has 0 aliphatic rings. The Bertz CT molecular complexity index is 240. The topological polar surface area (TPSA) is 12.9 Å². The maximum Gasteiger partial charge on any atom is 0.300 e. The molecule has 0 N–H and O–H groups in total. The van der Waals surface area contributed by atoms with Crippen LogP contribution in [0.2, 0.25) is 0 Å². The summed E-state index contributed by atoms with van der Waals surface area (Å²) in [6.07, 6.45) is 1.42. The highest BCUT2D eigenvalue weighted by Crippen LogP contribution is 2.32. The largest absolute Gasteiger partial charge is 0.300 e. The molecule has 60 valence electrons. The van der Waals surface area contributed by atoms with E-state index in [9.17, 15) is 8.78 Å². The van der Waals surface area contributed by atoms with Crippen LogP contribution in [0.3, 0.4) is 0 Å². The summed E-state index contributed by atoms with van der Waals surface area (Å²) < 4.78 is 25.0. The summed E-state index contributed by atoms with van der Waals surface area (Å²) in [6, 6.07) is 2.93. The molecular formula is C7H8F2NP. The zero-order valence-corrected chi connectivity index (χ0v) is 7.17. The smallest absolute Gasteiger partial charge is 0.254 e. The van der Waals surface area contributed by atoms with E-state index in [-0.39, 0.29) is 5.69 Å². The molecule has 1 rings (SSSR count). The Morgan fingerprint density at radius 1 is 1.45 bits per heavy atom. The van der Waals surface area contributed by atoms with Crippen LogP contribution in [0.15, 0.2) is 18.3 Å². The number of hydrogen-bond acceptors (Lipinski definition) is 1. The van der Waals surface area contributed by atoms with Crippen LogP contribution in [0.1, 0.15) is 11.3 Å². The van der Waals surface area contributed by atoms with Crippen LogP contribution in [0, 0.1) is 6.92 Å². The molecule has 0 bridgehead atoms. The van der Waals surface area contributed by atoms with Crippen LogP contribution >= 0.6 is 9.24 Å². The first kappa shape index (κ1) is 8.54. The van der Waals surface area contributed by atoms with Gasteiger partial charge in [0.15, 0.2) is 0 Å². The molecule has 1 heterocycles. The zero-order valence-electron chi connectivity index (χ0n) is 6.01. The maximum atomic E-state index is 12.5. The molecule has 0 fully saturated rings. The fraction of sp³-hybridized carbons (Fsp3) is 0.286. The van der Waals surface area contributed by atoms with Gasteiger partial charge in [0, 0.05) is 6.20 Å². The number of nitrogens with zero attached hydrogens (tertiary/aromatic N) is 1. The molecule has 11 heavy (non-hydrogen) atoms. The van der Waals surface area contributed by atoms with Gasteiger partial charge in [0.05, 0.1) is 0 Å². The monoisotopic (exact) mass is 175 g/mol. The predicted octanol–water partition coefficient (Wildman–Crippen LogP) is 2.31. The van der Waals surface area contributed by atoms with Gasteiger partial charge in [-0.2, -0.15) is 8.78 Å². The first-order valence-corrected chi connectivity index (χ1v) is 3.68. The summed E-state index contributed by atoms with van der Waals surface area (Å²) in [5.41, 5.74) is -2.25. The second-order valence-corrected chi connectivity index (χ2v) is 3.07. The quantitative estimate of drug-likeness (QED) is 0.597. The van der Waals surface area contributed by atoms with Gasteiger partial charge in [0.25, 0.3) is 5.66 Å². The van der Waals surface area contributed by atoms with Gasteiger partial charge in [0.1, 0.15) is 5.69 Å². The van der Waals surface area contributed by atoms with Crippen molar-refractivity contribution >= 4 is 9.24 Å². The summed E-state index contributed by atoms with van der Waals surface area (Å²) in [5, 5.41) is 0. The highest BCUT2D eigenvalue weighted by molar-refractivity contribution is 7.17. The molecule has 0 radical (unpaired) electrons. The van der Waals surface area contributed by atoms with E-state index < -0.39 is 5.66 Å². The Balaban J connectivity index is 2.99. The van der Waals surface area contributed by atoms with E-state index in [1.54, 1.807) is 13.0 Å². The van der Waals surface area contributed by atoms with Gasteiger partial charge in [-0.25, -0.2) is 0 Å². The van der Waals surface area contributed by atoms with Crippen LogP contribution in [0.4, 0.5) is 8.78 Å².